The number of rotatable bonds is 4. The maximum Gasteiger partial charge on any atom is 0.261 e. The Morgan fingerprint density at radius 2 is 1.97 bits per heavy atom. The number of aromatic nitrogens is 5. The van der Waals surface area contributed by atoms with Gasteiger partial charge in [0.05, 0.1) is 17.2 Å². The molecule has 3 heterocycles. The molecule has 0 atom stereocenters. The molecule has 1 aliphatic rings. The standard InChI is InChI=1S/C24H24N6O2/c1-16-7-5-10-19-22(16)25-15-29(24(19)32)14-21(31)26-18-9-6-8-17(13-18)23-28-27-20-11-3-2-4-12-30(20)23/h5-10,13,15H,2-4,11-12,14H2,1H3,(H,26,31). The summed E-state index contributed by atoms with van der Waals surface area (Å²) in [6.07, 6.45) is 5.82. The van der Waals surface area contributed by atoms with E-state index in [2.05, 4.69) is 25.1 Å². The van der Waals surface area contributed by atoms with Crippen molar-refractivity contribution < 1.29 is 4.79 Å². The van der Waals surface area contributed by atoms with Gasteiger partial charge in [-0.3, -0.25) is 14.2 Å². The predicted octanol–water partition coefficient (Wildman–Crippen LogP) is 3.33. The lowest BCUT2D eigenvalue weighted by Gasteiger charge is -2.11. The Kier molecular flexibility index (Phi) is 5.26. The van der Waals surface area contributed by atoms with Crippen molar-refractivity contribution in [1.82, 2.24) is 24.3 Å². The number of para-hydroxylation sites is 1. The second-order valence-electron chi connectivity index (χ2n) is 8.18. The van der Waals surface area contributed by atoms with Crippen molar-refractivity contribution in [1.29, 1.82) is 0 Å². The van der Waals surface area contributed by atoms with Crippen LogP contribution in [0.4, 0.5) is 5.69 Å². The normalized spacial score (nSPS) is 13.5. The van der Waals surface area contributed by atoms with Gasteiger partial charge < -0.3 is 9.88 Å². The van der Waals surface area contributed by atoms with Crippen molar-refractivity contribution in [3.8, 4) is 11.4 Å². The Morgan fingerprint density at radius 1 is 1.09 bits per heavy atom. The summed E-state index contributed by atoms with van der Waals surface area (Å²) in [4.78, 5) is 29.8. The van der Waals surface area contributed by atoms with Gasteiger partial charge >= 0.3 is 0 Å². The van der Waals surface area contributed by atoms with Gasteiger partial charge in [-0.05, 0) is 43.5 Å². The first-order chi connectivity index (χ1) is 15.6. The van der Waals surface area contributed by atoms with Crippen LogP contribution in [0.1, 0.15) is 30.7 Å². The van der Waals surface area contributed by atoms with Crippen LogP contribution in [0.3, 0.4) is 0 Å². The van der Waals surface area contributed by atoms with Crippen LogP contribution < -0.4 is 10.9 Å². The molecule has 32 heavy (non-hydrogen) atoms. The van der Waals surface area contributed by atoms with Gasteiger partial charge in [0.2, 0.25) is 5.91 Å². The number of benzene rings is 2. The number of aryl methyl sites for hydroxylation is 2. The fourth-order valence-electron chi connectivity index (χ4n) is 4.24. The smallest absolute Gasteiger partial charge is 0.261 e. The molecule has 0 fully saturated rings. The molecule has 0 saturated heterocycles. The molecular weight excluding hydrogens is 404 g/mol. The monoisotopic (exact) mass is 428 g/mol. The van der Waals surface area contributed by atoms with Crippen molar-refractivity contribution in [3.63, 3.8) is 0 Å². The lowest BCUT2D eigenvalue weighted by atomic mass is 10.1. The zero-order valence-corrected chi connectivity index (χ0v) is 17.9. The van der Waals surface area contributed by atoms with Crippen LogP contribution in [0.2, 0.25) is 0 Å². The molecule has 8 heteroatoms. The zero-order chi connectivity index (χ0) is 22.1. The first-order valence-electron chi connectivity index (χ1n) is 10.9. The van der Waals surface area contributed by atoms with Crippen LogP contribution in [0, 0.1) is 6.92 Å². The minimum Gasteiger partial charge on any atom is -0.325 e. The Labute approximate surface area is 184 Å². The average Bonchev–Trinajstić information content (AvgIpc) is 3.04. The van der Waals surface area contributed by atoms with Crippen LogP contribution in [0.25, 0.3) is 22.3 Å². The number of carbonyl (C=O) groups is 1. The molecule has 1 amide bonds. The largest absolute Gasteiger partial charge is 0.325 e. The van der Waals surface area contributed by atoms with Crippen molar-refractivity contribution in [2.45, 2.75) is 45.7 Å². The molecule has 2 aromatic carbocycles. The SMILES string of the molecule is Cc1cccc2c(=O)n(CC(=O)Nc3cccc(-c4nnc5n4CCCCC5)c3)cnc12. The van der Waals surface area contributed by atoms with Crippen molar-refractivity contribution in [2.75, 3.05) is 5.32 Å². The van der Waals surface area contributed by atoms with Crippen molar-refractivity contribution in [3.05, 3.63) is 70.5 Å². The van der Waals surface area contributed by atoms with E-state index in [4.69, 9.17) is 0 Å². The van der Waals surface area contributed by atoms with Gasteiger partial charge in [-0.15, -0.1) is 10.2 Å². The number of hydrogen-bond acceptors (Lipinski definition) is 5. The molecule has 5 rings (SSSR count). The van der Waals surface area contributed by atoms with Gasteiger partial charge in [0, 0.05) is 24.2 Å². The third-order valence-corrected chi connectivity index (χ3v) is 5.88. The second-order valence-corrected chi connectivity index (χ2v) is 8.18. The number of fused-ring (bicyclic) bond motifs is 2. The third kappa shape index (κ3) is 3.79. The highest BCUT2D eigenvalue weighted by atomic mass is 16.2. The highest BCUT2D eigenvalue weighted by Crippen LogP contribution is 2.25. The number of amides is 1. The number of nitrogens with one attached hydrogen (secondary N) is 1. The molecule has 0 bridgehead atoms. The van der Waals surface area contributed by atoms with Gasteiger partial charge in [0.25, 0.3) is 5.56 Å². The number of carbonyl (C=O) groups excluding carboxylic acids is 1. The van der Waals surface area contributed by atoms with Gasteiger partial charge in [0.1, 0.15) is 12.4 Å². The third-order valence-electron chi connectivity index (χ3n) is 5.88. The molecule has 0 saturated carbocycles. The minimum atomic E-state index is -0.293. The number of hydrogen-bond donors (Lipinski definition) is 1. The van der Waals surface area contributed by atoms with Crippen LogP contribution in [0.15, 0.2) is 53.6 Å². The summed E-state index contributed by atoms with van der Waals surface area (Å²) in [5, 5.41) is 12.1. The molecule has 0 aliphatic carbocycles. The Morgan fingerprint density at radius 3 is 2.88 bits per heavy atom. The molecule has 0 radical (unpaired) electrons. The van der Waals surface area contributed by atoms with E-state index in [9.17, 15) is 9.59 Å². The van der Waals surface area contributed by atoms with Crippen LogP contribution in [0.5, 0.6) is 0 Å². The fourth-order valence-corrected chi connectivity index (χ4v) is 4.24. The van der Waals surface area contributed by atoms with E-state index in [0.717, 1.165) is 48.6 Å². The molecule has 2 aromatic heterocycles. The summed E-state index contributed by atoms with van der Waals surface area (Å²) in [7, 11) is 0. The highest BCUT2D eigenvalue weighted by Gasteiger charge is 2.16. The first kappa shape index (κ1) is 20.1. The van der Waals surface area contributed by atoms with E-state index in [0.29, 0.717) is 16.6 Å². The molecule has 4 aromatic rings. The molecule has 0 unspecified atom stereocenters. The minimum absolute atomic E-state index is 0.111. The summed E-state index contributed by atoms with van der Waals surface area (Å²) in [5.41, 5.74) is 2.92. The predicted molar refractivity (Wildman–Crippen MR) is 122 cm³/mol. The van der Waals surface area contributed by atoms with Crippen molar-refractivity contribution >= 4 is 22.5 Å². The first-order valence-corrected chi connectivity index (χ1v) is 10.9. The summed E-state index contributed by atoms with van der Waals surface area (Å²) >= 11 is 0. The maximum absolute atomic E-state index is 12.8. The Bertz CT molecular complexity index is 1370. The van der Waals surface area contributed by atoms with E-state index < -0.39 is 0 Å². The molecule has 0 spiro atoms. The molecule has 162 valence electrons. The lowest BCUT2D eigenvalue weighted by Crippen LogP contribution is -2.28. The van der Waals surface area contributed by atoms with E-state index in [1.807, 2.05) is 43.3 Å². The van der Waals surface area contributed by atoms with Gasteiger partial charge in [-0.1, -0.05) is 30.7 Å². The summed E-state index contributed by atoms with van der Waals surface area (Å²) < 4.78 is 3.51. The van der Waals surface area contributed by atoms with Gasteiger partial charge in [-0.2, -0.15) is 0 Å². The molecule has 8 nitrogen and oxygen atoms in total. The topological polar surface area (TPSA) is 94.7 Å². The van der Waals surface area contributed by atoms with Crippen molar-refractivity contribution in [2.24, 2.45) is 0 Å². The Balaban J connectivity index is 1.36. The maximum atomic E-state index is 12.8. The van der Waals surface area contributed by atoms with Crippen LogP contribution >= 0.6 is 0 Å². The van der Waals surface area contributed by atoms with Gasteiger partial charge in [0.15, 0.2) is 5.82 Å². The summed E-state index contributed by atoms with van der Waals surface area (Å²) in [6.45, 7) is 2.71. The van der Waals surface area contributed by atoms with E-state index >= 15 is 0 Å². The summed E-state index contributed by atoms with van der Waals surface area (Å²) in [6, 6.07) is 13.0. The fraction of sp³-hybridized carbons (Fsp3) is 0.292. The molecule has 1 aliphatic heterocycles. The highest BCUT2D eigenvalue weighted by molar-refractivity contribution is 5.91. The summed E-state index contributed by atoms with van der Waals surface area (Å²) in [5.74, 6) is 1.55. The molecular formula is C24H24N6O2. The second kappa shape index (κ2) is 8.37. The Hall–Kier alpha value is -3.81. The zero-order valence-electron chi connectivity index (χ0n) is 17.9. The van der Waals surface area contributed by atoms with E-state index in [1.54, 1.807) is 6.07 Å². The number of anilines is 1. The quantitative estimate of drug-likeness (QED) is 0.538. The van der Waals surface area contributed by atoms with E-state index in [-0.39, 0.29) is 18.0 Å². The van der Waals surface area contributed by atoms with E-state index in [1.165, 1.54) is 17.3 Å². The van der Waals surface area contributed by atoms with Gasteiger partial charge in [-0.25, -0.2) is 4.98 Å². The van der Waals surface area contributed by atoms with Crippen LogP contribution in [-0.4, -0.2) is 30.2 Å². The molecule has 1 N–H and O–H groups in total. The van der Waals surface area contributed by atoms with Crippen LogP contribution in [-0.2, 0) is 24.3 Å². The average molecular weight is 428 g/mol. The number of nitrogens with zero attached hydrogens (tertiary/aromatic N) is 5. The lowest BCUT2D eigenvalue weighted by molar-refractivity contribution is -0.116.